The summed E-state index contributed by atoms with van der Waals surface area (Å²) in [5, 5.41) is 11.1. The van der Waals surface area contributed by atoms with Crippen molar-refractivity contribution < 1.29 is 9.84 Å². The van der Waals surface area contributed by atoms with Crippen molar-refractivity contribution >= 4 is 22.7 Å². The number of morpholine rings is 1. The van der Waals surface area contributed by atoms with E-state index in [1.807, 2.05) is 12.1 Å². The van der Waals surface area contributed by atoms with Crippen molar-refractivity contribution in [1.82, 2.24) is 14.9 Å². The van der Waals surface area contributed by atoms with Crippen LogP contribution in [0.4, 0.5) is 0 Å². The number of thioether (sulfide) groups is 1. The smallest absolute Gasteiger partial charge is 0.144 e. The molecule has 1 aromatic carbocycles. The first-order chi connectivity index (χ1) is 11.9. The molecule has 1 aliphatic heterocycles. The van der Waals surface area contributed by atoms with Crippen molar-refractivity contribution in [2.45, 2.75) is 30.8 Å². The zero-order valence-electron chi connectivity index (χ0n) is 14.0. The van der Waals surface area contributed by atoms with Crippen molar-refractivity contribution in [1.29, 1.82) is 0 Å². The fraction of sp³-hybridized carbons (Fsp3) is 0.556. The number of aromatic nitrogens is 2. The number of unbranched alkanes of at least 4 members (excludes halogenated alkanes) is 2. The molecule has 1 aliphatic rings. The molecule has 0 atom stereocenters. The molecule has 1 N–H and O–H groups in total. The van der Waals surface area contributed by atoms with Crippen LogP contribution in [0.5, 0.6) is 0 Å². The second-order valence-corrected chi connectivity index (χ2v) is 7.07. The van der Waals surface area contributed by atoms with Gasteiger partial charge in [0.25, 0.3) is 0 Å². The van der Waals surface area contributed by atoms with Crippen LogP contribution in [-0.4, -0.2) is 58.6 Å². The molecule has 2 aromatic rings. The number of nitrogens with zero attached hydrogens (tertiary/aromatic N) is 3. The summed E-state index contributed by atoms with van der Waals surface area (Å²) >= 11 is 1.80. The van der Waals surface area contributed by atoms with E-state index in [1.165, 1.54) is 0 Å². The van der Waals surface area contributed by atoms with Gasteiger partial charge in [-0.3, -0.25) is 4.90 Å². The van der Waals surface area contributed by atoms with Gasteiger partial charge in [-0.25, -0.2) is 9.97 Å². The third kappa shape index (κ3) is 4.89. The lowest BCUT2D eigenvalue weighted by Gasteiger charge is -2.25. The first-order valence-corrected chi connectivity index (χ1v) is 9.65. The Bertz CT molecular complexity index is 647. The zero-order valence-corrected chi connectivity index (χ0v) is 14.8. The number of ether oxygens (including phenoxy) is 1. The average Bonchev–Trinajstić information content (AvgIpc) is 2.62. The minimum absolute atomic E-state index is 0.283. The number of aliphatic hydroxyl groups is 1. The van der Waals surface area contributed by atoms with Crippen molar-refractivity contribution in [3.05, 3.63) is 30.1 Å². The molecule has 0 saturated carbocycles. The Morgan fingerprint density at radius 2 is 1.92 bits per heavy atom. The largest absolute Gasteiger partial charge is 0.396 e. The summed E-state index contributed by atoms with van der Waals surface area (Å²) in [5.74, 6) is 1.92. The number of aliphatic hydroxyl groups excluding tert-OH is 1. The fourth-order valence-corrected chi connectivity index (χ4v) is 3.83. The molecule has 0 radical (unpaired) electrons. The number of para-hydroxylation sites is 1. The van der Waals surface area contributed by atoms with Gasteiger partial charge >= 0.3 is 0 Å². The first-order valence-electron chi connectivity index (χ1n) is 8.66. The van der Waals surface area contributed by atoms with Gasteiger partial charge in [-0.1, -0.05) is 24.6 Å². The van der Waals surface area contributed by atoms with E-state index in [1.54, 1.807) is 11.8 Å². The monoisotopic (exact) mass is 347 g/mol. The fourth-order valence-electron chi connectivity index (χ4n) is 2.79. The van der Waals surface area contributed by atoms with Gasteiger partial charge in [-0.2, -0.15) is 0 Å². The molecule has 0 spiro atoms. The third-order valence-electron chi connectivity index (χ3n) is 4.12. The molecule has 1 aromatic heterocycles. The van der Waals surface area contributed by atoms with Gasteiger partial charge in [-0.05, 0) is 24.7 Å². The van der Waals surface area contributed by atoms with Crippen LogP contribution >= 0.6 is 11.8 Å². The van der Waals surface area contributed by atoms with Gasteiger partial charge in [0.05, 0.1) is 25.3 Å². The molecule has 5 nitrogen and oxygen atoms in total. The quantitative estimate of drug-likeness (QED) is 0.450. The summed E-state index contributed by atoms with van der Waals surface area (Å²) in [6.07, 6.45) is 3.04. The van der Waals surface area contributed by atoms with E-state index < -0.39 is 0 Å². The molecule has 3 rings (SSSR count). The van der Waals surface area contributed by atoms with Crippen molar-refractivity contribution in [2.24, 2.45) is 0 Å². The van der Waals surface area contributed by atoms with Crippen LogP contribution < -0.4 is 0 Å². The number of fused-ring (bicyclic) bond motifs is 1. The molecule has 6 heteroatoms. The Morgan fingerprint density at radius 3 is 2.75 bits per heavy atom. The van der Waals surface area contributed by atoms with Crippen LogP contribution in [-0.2, 0) is 11.3 Å². The molecule has 2 heterocycles. The van der Waals surface area contributed by atoms with Crippen LogP contribution in [0.1, 0.15) is 25.1 Å². The van der Waals surface area contributed by atoms with E-state index >= 15 is 0 Å². The summed E-state index contributed by atoms with van der Waals surface area (Å²) in [6.45, 7) is 4.54. The lowest BCUT2D eigenvalue weighted by atomic mass is 10.2. The van der Waals surface area contributed by atoms with Gasteiger partial charge < -0.3 is 9.84 Å². The van der Waals surface area contributed by atoms with Crippen molar-refractivity contribution in [3.8, 4) is 0 Å². The zero-order chi connectivity index (χ0) is 16.6. The van der Waals surface area contributed by atoms with Crippen LogP contribution in [0.15, 0.2) is 29.3 Å². The van der Waals surface area contributed by atoms with E-state index in [0.29, 0.717) is 0 Å². The van der Waals surface area contributed by atoms with Crippen molar-refractivity contribution in [2.75, 3.05) is 38.7 Å². The maximum atomic E-state index is 8.88. The summed E-state index contributed by atoms with van der Waals surface area (Å²) in [7, 11) is 0. The molecule has 1 saturated heterocycles. The minimum atomic E-state index is 0.283. The van der Waals surface area contributed by atoms with E-state index in [4.69, 9.17) is 19.8 Å². The van der Waals surface area contributed by atoms with Gasteiger partial charge in [0.15, 0.2) is 0 Å². The number of hydrogen-bond acceptors (Lipinski definition) is 6. The molecule has 0 bridgehead atoms. The molecule has 130 valence electrons. The summed E-state index contributed by atoms with van der Waals surface area (Å²) in [5.41, 5.74) is 1.02. The Balaban J connectivity index is 1.72. The molecule has 0 aliphatic carbocycles. The lowest BCUT2D eigenvalue weighted by Crippen LogP contribution is -2.36. The molecular formula is C18H25N3O2S. The predicted molar refractivity (Wildman–Crippen MR) is 97.3 cm³/mol. The predicted octanol–water partition coefficient (Wildman–Crippen LogP) is 2.72. The van der Waals surface area contributed by atoms with Crippen LogP contribution in [0.2, 0.25) is 0 Å². The number of hydrogen-bond donors (Lipinski definition) is 1. The molecule has 24 heavy (non-hydrogen) atoms. The third-order valence-corrected chi connectivity index (χ3v) is 5.20. The standard InChI is InChI=1S/C18H25N3O2S/c22-10-4-1-5-13-24-18-15-6-2-3-7-16(15)19-17(20-18)14-21-8-11-23-12-9-21/h2-3,6-7,22H,1,4-5,8-14H2. The summed E-state index contributed by atoms with van der Waals surface area (Å²) < 4.78 is 5.41. The Morgan fingerprint density at radius 1 is 1.08 bits per heavy atom. The highest BCUT2D eigenvalue weighted by atomic mass is 32.2. The second kappa shape index (κ2) is 9.32. The van der Waals surface area contributed by atoms with Gasteiger partial charge in [0.2, 0.25) is 0 Å². The second-order valence-electron chi connectivity index (χ2n) is 5.98. The summed E-state index contributed by atoms with van der Waals surface area (Å²) in [4.78, 5) is 11.9. The SMILES string of the molecule is OCCCCCSc1nc(CN2CCOCC2)nc2ccccc12. The van der Waals surface area contributed by atoms with E-state index in [0.717, 1.165) is 79.6 Å². The maximum absolute atomic E-state index is 8.88. The van der Waals surface area contributed by atoms with E-state index in [2.05, 4.69) is 17.0 Å². The lowest BCUT2D eigenvalue weighted by molar-refractivity contribution is 0.0330. The molecule has 0 amide bonds. The number of benzene rings is 1. The highest BCUT2D eigenvalue weighted by molar-refractivity contribution is 7.99. The normalized spacial score (nSPS) is 15.9. The Labute approximate surface area is 147 Å². The van der Waals surface area contributed by atoms with Crippen LogP contribution in [0.25, 0.3) is 10.9 Å². The highest BCUT2D eigenvalue weighted by Crippen LogP contribution is 2.26. The summed E-state index contributed by atoms with van der Waals surface area (Å²) in [6, 6.07) is 8.24. The van der Waals surface area contributed by atoms with Gasteiger partial charge in [0.1, 0.15) is 10.9 Å². The molecular weight excluding hydrogens is 322 g/mol. The molecule has 1 fully saturated rings. The Kier molecular flexibility index (Phi) is 6.84. The van der Waals surface area contributed by atoms with E-state index in [9.17, 15) is 0 Å². The van der Waals surface area contributed by atoms with Gasteiger partial charge in [-0.15, -0.1) is 11.8 Å². The minimum Gasteiger partial charge on any atom is -0.396 e. The highest BCUT2D eigenvalue weighted by Gasteiger charge is 2.14. The van der Waals surface area contributed by atoms with Gasteiger partial charge in [0, 0.05) is 25.1 Å². The van der Waals surface area contributed by atoms with E-state index in [-0.39, 0.29) is 6.61 Å². The number of rotatable bonds is 8. The van der Waals surface area contributed by atoms with Crippen molar-refractivity contribution in [3.63, 3.8) is 0 Å². The molecule has 0 unspecified atom stereocenters. The maximum Gasteiger partial charge on any atom is 0.144 e. The van der Waals surface area contributed by atoms with Crippen LogP contribution in [0, 0.1) is 0 Å². The average molecular weight is 347 g/mol. The Hall–Kier alpha value is -1.21. The van der Waals surface area contributed by atoms with Crippen LogP contribution in [0.3, 0.4) is 0 Å². The topological polar surface area (TPSA) is 58.5 Å². The first kappa shape index (κ1) is 17.6.